The van der Waals surface area contributed by atoms with Crippen molar-refractivity contribution in [2.75, 3.05) is 12.4 Å². The van der Waals surface area contributed by atoms with E-state index in [0.29, 0.717) is 28.0 Å². The maximum absolute atomic E-state index is 12.4. The summed E-state index contributed by atoms with van der Waals surface area (Å²) in [6, 6.07) is 5.01. The Labute approximate surface area is 123 Å². The van der Waals surface area contributed by atoms with Crippen LogP contribution in [0.4, 0.5) is 0 Å². The molecular formula is C13H16Cl3NO. The first-order valence-electron chi connectivity index (χ1n) is 5.79. The number of hydrogen-bond donors (Lipinski definition) is 0. The molecule has 2 nitrogen and oxygen atoms in total. The largest absolute Gasteiger partial charge is 0.336 e. The molecule has 0 aliphatic carbocycles. The van der Waals surface area contributed by atoms with E-state index in [1.165, 1.54) is 0 Å². The van der Waals surface area contributed by atoms with E-state index in [-0.39, 0.29) is 11.9 Å². The average molecular weight is 309 g/mol. The summed E-state index contributed by atoms with van der Waals surface area (Å²) in [5, 5.41) is 0.900. The molecule has 0 saturated carbocycles. The van der Waals surface area contributed by atoms with Gasteiger partial charge in [0, 0.05) is 23.5 Å². The minimum Gasteiger partial charge on any atom is -0.336 e. The van der Waals surface area contributed by atoms with Crippen molar-refractivity contribution in [3.05, 3.63) is 33.8 Å². The Morgan fingerprint density at radius 2 is 2.00 bits per heavy atom. The minimum absolute atomic E-state index is 0.0863. The molecule has 0 spiro atoms. The zero-order chi connectivity index (χ0) is 13.7. The van der Waals surface area contributed by atoms with Gasteiger partial charge in [0.1, 0.15) is 0 Å². The maximum Gasteiger partial charge on any atom is 0.255 e. The van der Waals surface area contributed by atoms with Gasteiger partial charge in [-0.1, -0.05) is 23.2 Å². The van der Waals surface area contributed by atoms with Crippen molar-refractivity contribution >= 4 is 40.7 Å². The normalized spacial score (nSPS) is 10.8. The standard InChI is InChI=1S/C13H16Cl3NO/c1-9(2)17(7-3-6-14)13(18)11-5-4-10(15)8-12(11)16/h4-5,8-9H,3,6-7H2,1-2H3. The first-order chi connectivity index (χ1) is 8.47. The molecule has 0 fully saturated rings. The van der Waals surface area contributed by atoms with Crippen molar-refractivity contribution in [2.24, 2.45) is 0 Å². The molecule has 0 N–H and O–H groups in total. The van der Waals surface area contributed by atoms with Gasteiger partial charge in [-0.25, -0.2) is 0 Å². The highest BCUT2D eigenvalue weighted by Gasteiger charge is 2.20. The van der Waals surface area contributed by atoms with Crippen LogP contribution in [-0.4, -0.2) is 29.3 Å². The van der Waals surface area contributed by atoms with Crippen LogP contribution in [0.3, 0.4) is 0 Å². The van der Waals surface area contributed by atoms with E-state index in [9.17, 15) is 4.79 Å². The number of amides is 1. The molecule has 0 saturated heterocycles. The first-order valence-corrected chi connectivity index (χ1v) is 7.08. The fourth-order valence-corrected chi connectivity index (χ4v) is 2.25. The summed E-state index contributed by atoms with van der Waals surface area (Å²) in [5.74, 6) is 0.446. The SMILES string of the molecule is CC(C)N(CCCCl)C(=O)c1ccc(Cl)cc1Cl. The van der Waals surface area contributed by atoms with Crippen molar-refractivity contribution < 1.29 is 4.79 Å². The molecule has 0 bridgehead atoms. The monoisotopic (exact) mass is 307 g/mol. The minimum atomic E-state index is -0.0863. The molecule has 0 atom stereocenters. The van der Waals surface area contributed by atoms with Gasteiger partial charge >= 0.3 is 0 Å². The van der Waals surface area contributed by atoms with Crippen LogP contribution in [0, 0.1) is 0 Å². The van der Waals surface area contributed by atoms with E-state index >= 15 is 0 Å². The van der Waals surface area contributed by atoms with E-state index in [1.54, 1.807) is 23.1 Å². The summed E-state index contributed by atoms with van der Waals surface area (Å²) >= 11 is 17.5. The van der Waals surface area contributed by atoms with Gasteiger partial charge in [0.05, 0.1) is 10.6 Å². The smallest absolute Gasteiger partial charge is 0.255 e. The lowest BCUT2D eigenvalue weighted by atomic mass is 10.1. The zero-order valence-corrected chi connectivity index (χ0v) is 12.7. The number of hydrogen-bond acceptors (Lipinski definition) is 1. The molecule has 1 aromatic rings. The van der Waals surface area contributed by atoms with Crippen molar-refractivity contribution in [2.45, 2.75) is 26.3 Å². The molecule has 1 aromatic carbocycles. The molecule has 1 amide bonds. The van der Waals surface area contributed by atoms with E-state index in [4.69, 9.17) is 34.8 Å². The van der Waals surface area contributed by atoms with E-state index in [2.05, 4.69) is 0 Å². The van der Waals surface area contributed by atoms with Crippen molar-refractivity contribution in [3.8, 4) is 0 Å². The molecule has 0 aromatic heterocycles. The lowest BCUT2D eigenvalue weighted by Gasteiger charge is -2.27. The Kier molecular flexibility index (Phi) is 6.27. The number of carbonyl (C=O) groups excluding carboxylic acids is 1. The van der Waals surface area contributed by atoms with Crippen molar-refractivity contribution in [1.29, 1.82) is 0 Å². The molecule has 0 radical (unpaired) electrons. The summed E-state index contributed by atoms with van der Waals surface area (Å²) in [4.78, 5) is 14.1. The Hall–Kier alpha value is -0.440. The quantitative estimate of drug-likeness (QED) is 0.735. The molecule has 0 aliphatic rings. The third-order valence-corrected chi connectivity index (χ3v) is 3.39. The summed E-state index contributed by atoms with van der Waals surface area (Å²) in [7, 11) is 0. The van der Waals surface area contributed by atoms with Crippen LogP contribution < -0.4 is 0 Å². The topological polar surface area (TPSA) is 20.3 Å². The van der Waals surface area contributed by atoms with Gasteiger partial charge in [-0.05, 0) is 38.5 Å². The molecule has 0 unspecified atom stereocenters. The molecule has 5 heteroatoms. The van der Waals surface area contributed by atoms with Gasteiger partial charge < -0.3 is 4.90 Å². The van der Waals surface area contributed by atoms with Crippen LogP contribution in [0.25, 0.3) is 0 Å². The van der Waals surface area contributed by atoms with Crippen LogP contribution in [0.2, 0.25) is 10.0 Å². The highest BCUT2D eigenvalue weighted by Crippen LogP contribution is 2.23. The van der Waals surface area contributed by atoms with Crippen LogP contribution in [0.5, 0.6) is 0 Å². The average Bonchev–Trinajstić information content (AvgIpc) is 2.28. The second-order valence-electron chi connectivity index (χ2n) is 4.26. The Morgan fingerprint density at radius 3 is 2.50 bits per heavy atom. The lowest BCUT2D eigenvalue weighted by Crippen LogP contribution is -2.38. The number of nitrogens with zero attached hydrogens (tertiary/aromatic N) is 1. The van der Waals surface area contributed by atoms with Crippen LogP contribution in [0.15, 0.2) is 18.2 Å². The van der Waals surface area contributed by atoms with E-state index in [0.717, 1.165) is 6.42 Å². The van der Waals surface area contributed by atoms with Gasteiger partial charge in [0.25, 0.3) is 5.91 Å². The van der Waals surface area contributed by atoms with Crippen LogP contribution >= 0.6 is 34.8 Å². The van der Waals surface area contributed by atoms with Gasteiger partial charge in [-0.2, -0.15) is 0 Å². The highest BCUT2D eigenvalue weighted by molar-refractivity contribution is 6.36. The van der Waals surface area contributed by atoms with E-state index in [1.807, 2.05) is 13.8 Å². The highest BCUT2D eigenvalue weighted by atomic mass is 35.5. The molecule has 0 heterocycles. The summed E-state index contributed by atoms with van der Waals surface area (Å²) in [6.07, 6.45) is 0.761. The van der Waals surface area contributed by atoms with Gasteiger partial charge in [-0.15, -0.1) is 11.6 Å². The van der Waals surface area contributed by atoms with Gasteiger partial charge in [0.15, 0.2) is 0 Å². The third-order valence-electron chi connectivity index (χ3n) is 2.58. The second-order valence-corrected chi connectivity index (χ2v) is 5.48. The predicted molar refractivity (Wildman–Crippen MR) is 78.0 cm³/mol. The van der Waals surface area contributed by atoms with Gasteiger partial charge in [-0.3, -0.25) is 4.79 Å². The lowest BCUT2D eigenvalue weighted by molar-refractivity contribution is 0.0706. The molecule has 1 rings (SSSR count). The first kappa shape index (κ1) is 15.6. The summed E-state index contributed by atoms with van der Waals surface area (Å²) in [5.41, 5.74) is 0.476. The molecule has 100 valence electrons. The Morgan fingerprint density at radius 1 is 1.33 bits per heavy atom. The number of carbonyl (C=O) groups is 1. The van der Waals surface area contributed by atoms with Crippen molar-refractivity contribution in [1.82, 2.24) is 4.90 Å². The fraction of sp³-hybridized carbons (Fsp3) is 0.462. The fourth-order valence-electron chi connectivity index (χ4n) is 1.64. The van der Waals surface area contributed by atoms with E-state index < -0.39 is 0 Å². The number of halogens is 3. The number of rotatable bonds is 5. The molecule has 0 aliphatic heterocycles. The molecule has 18 heavy (non-hydrogen) atoms. The zero-order valence-electron chi connectivity index (χ0n) is 10.4. The Balaban J connectivity index is 2.94. The predicted octanol–water partition coefficient (Wildman–Crippen LogP) is 4.47. The second kappa shape index (κ2) is 7.22. The molecular weight excluding hydrogens is 293 g/mol. The summed E-state index contributed by atoms with van der Waals surface area (Å²) in [6.45, 7) is 4.56. The summed E-state index contributed by atoms with van der Waals surface area (Å²) < 4.78 is 0. The third kappa shape index (κ3) is 4.04. The Bertz CT molecular complexity index is 421. The van der Waals surface area contributed by atoms with Crippen LogP contribution in [-0.2, 0) is 0 Å². The van der Waals surface area contributed by atoms with Crippen molar-refractivity contribution in [3.63, 3.8) is 0 Å². The number of benzene rings is 1. The van der Waals surface area contributed by atoms with Gasteiger partial charge in [0.2, 0.25) is 0 Å². The maximum atomic E-state index is 12.4. The number of alkyl halides is 1. The van der Waals surface area contributed by atoms with Crippen LogP contribution in [0.1, 0.15) is 30.6 Å².